The van der Waals surface area contributed by atoms with Gasteiger partial charge in [0.05, 0.1) is 18.4 Å². The van der Waals surface area contributed by atoms with E-state index in [0.717, 1.165) is 12.3 Å². The molecule has 0 amide bonds. The molecule has 1 aliphatic rings. The summed E-state index contributed by atoms with van der Waals surface area (Å²) in [5.41, 5.74) is 0. The van der Waals surface area contributed by atoms with Crippen LogP contribution in [-0.4, -0.2) is 50.5 Å². The maximum absolute atomic E-state index is 12.3. The Hall–Kier alpha value is -0.390. The van der Waals surface area contributed by atoms with E-state index in [2.05, 4.69) is 22.5 Å². The van der Waals surface area contributed by atoms with Crippen LogP contribution in [0.5, 0.6) is 0 Å². The number of aliphatic hydroxyl groups excluding tert-OH is 1. The summed E-state index contributed by atoms with van der Waals surface area (Å²) in [5, 5.41) is 18.5. The minimum atomic E-state index is -3.46. The van der Waals surface area contributed by atoms with Crippen LogP contribution < -0.4 is 10.6 Å². The van der Waals surface area contributed by atoms with Crippen molar-refractivity contribution in [2.75, 3.05) is 18.8 Å². The zero-order valence-corrected chi connectivity index (χ0v) is 21.4. The molecule has 6 nitrogen and oxygen atoms in total. The first-order valence-electron chi connectivity index (χ1n) is 10.4. The Morgan fingerprint density at radius 1 is 1.34 bits per heavy atom. The van der Waals surface area contributed by atoms with Gasteiger partial charge in [-0.2, -0.15) is 0 Å². The zero-order valence-electron chi connectivity index (χ0n) is 17.5. The summed E-state index contributed by atoms with van der Waals surface area (Å²) in [5.74, 6) is 1.17. The number of hydrogen-bond acceptors (Lipinski definition) is 5. The normalized spacial score (nSPS) is 18.0. The van der Waals surface area contributed by atoms with Crippen molar-refractivity contribution in [1.29, 1.82) is 0 Å². The number of hydrogen-bond donors (Lipinski definition) is 3. The summed E-state index contributed by atoms with van der Waals surface area (Å²) < 4.78 is 24.8. The molecule has 1 saturated carbocycles. The fourth-order valence-electron chi connectivity index (χ4n) is 3.61. The summed E-state index contributed by atoms with van der Waals surface area (Å²) in [4.78, 5) is 4.40. The van der Waals surface area contributed by atoms with Crippen LogP contribution in [0, 0.1) is 5.92 Å². The molecule has 1 aromatic heterocycles. The number of sulfone groups is 1. The molecule has 0 aliphatic heterocycles. The molecule has 1 fully saturated rings. The van der Waals surface area contributed by atoms with E-state index in [1.807, 2.05) is 6.92 Å². The van der Waals surface area contributed by atoms with E-state index in [-0.39, 0.29) is 46.5 Å². The number of aliphatic hydroxyl groups is 1. The Morgan fingerprint density at radius 2 is 2.07 bits per heavy atom. The van der Waals surface area contributed by atoms with Crippen molar-refractivity contribution in [2.45, 2.75) is 75.1 Å². The van der Waals surface area contributed by atoms with Gasteiger partial charge in [-0.05, 0) is 44.1 Å². The highest BCUT2D eigenvalue weighted by molar-refractivity contribution is 14.0. The molecule has 9 heteroatoms. The van der Waals surface area contributed by atoms with Gasteiger partial charge in [0.2, 0.25) is 0 Å². The highest BCUT2D eigenvalue weighted by atomic mass is 127. The lowest BCUT2D eigenvalue weighted by Gasteiger charge is -2.24. The SMILES string of the molecule is CCNC(=NCC(O)CS(=O)(=O)c1cccs1)NC(C)CCC1CCCCC1.I. The van der Waals surface area contributed by atoms with Gasteiger partial charge in [-0.1, -0.05) is 38.2 Å². The number of guanidine groups is 1. The van der Waals surface area contributed by atoms with Gasteiger partial charge < -0.3 is 15.7 Å². The lowest BCUT2D eigenvalue weighted by Crippen LogP contribution is -2.43. The zero-order chi connectivity index (χ0) is 20.4. The lowest BCUT2D eigenvalue weighted by atomic mass is 9.85. The Balaban J connectivity index is 0.00000420. The molecule has 0 aromatic carbocycles. The van der Waals surface area contributed by atoms with Crippen LogP contribution in [-0.2, 0) is 9.84 Å². The third-order valence-electron chi connectivity index (χ3n) is 5.13. The summed E-state index contributed by atoms with van der Waals surface area (Å²) in [7, 11) is -3.46. The Bertz CT molecular complexity index is 690. The van der Waals surface area contributed by atoms with Crippen molar-refractivity contribution in [2.24, 2.45) is 10.9 Å². The number of thiophene rings is 1. The summed E-state index contributed by atoms with van der Waals surface area (Å²) in [6, 6.07) is 3.55. The third-order valence-corrected chi connectivity index (χ3v) is 8.42. The Kier molecular flexibility index (Phi) is 12.7. The highest BCUT2D eigenvalue weighted by Crippen LogP contribution is 2.27. The molecule has 2 atom stereocenters. The average Bonchev–Trinajstić information content (AvgIpc) is 3.21. The predicted molar refractivity (Wildman–Crippen MR) is 132 cm³/mol. The fraction of sp³-hybridized carbons (Fsp3) is 0.750. The molecular formula is C20H36IN3O3S2. The smallest absolute Gasteiger partial charge is 0.191 e. The molecule has 3 N–H and O–H groups in total. The van der Waals surface area contributed by atoms with E-state index in [9.17, 15) is 13.5 Å². The van der Waals surface area contributed by atoms with Crippen molar-refractivity contribution >= 4 is 51.1 Å². The van der Waals surface area contributed by atoms with Gasteiger partial charge in [0.25, 0.3) is 0 Å². The number of aliphatic imine (C=N–C) groups is 1. The molecule has 0 spiro atoms. The molecule has 1 aliphatic carbocycles. The highest BCUT2D eigenvalue weighted by Gasteiger charge is 2.21. The van der Waals surface area contributed by atoms with Crippen LogP contribution >= 0.6 is 35.3 Å². The molecular weight excluding hydrogens is 521 g/mol. The number of nitrogens with one attached hydrogen (secondary N) is 2. The van der Waals surface area contributed by atoms with Crippen LogP contribution in [0.15, 0.2) is 26.7 Å². The van der Waals surface area contributed by atoms with Crippen LogP contribution in [0.3, 0.4) is 0 Å². The number of halogens is 1. The Morgan fingerprint density at radius 3 is 2.69 bits per heavy atom. The summed E-state index contributed by atoms with van der Waals surface area (Å²) >= 11 is 1.17. The quantitative estimate of drug-likeness (QED) is 0.231. The van der Waals surface area contributed by atoms with Gasteiger partial charge in [0.1, 0.15) is 4.21 Å². The van der Waals surface area contributed by atoms with Gasteiger partial charge >= 0.3 is 0 Å². The van der Waals surface area contributed by atoms with Crippen molar-refractivity contribution < 1.29 is 13.5 Å². The maximum Gasteiger partial charge on any atom is 0.191 e. The van der Waals surface area contributed by atoms with Crippen molar-refractivity contribution in [3.05, 3.63) is 17.5 Å². The van der Waals surface area contributed by atoms with E-state index in [4.69, 9.17) is 0 Å². The van der Waals surface area contributed by atoms with E-state index < -0.39 is 15.9 Å². The summed E-state index contributed by atoms with van der Waals surface area (Å²) in [6.07, 6.45) is 8.11. The van der Waals surface area contributed by atoms with Crippen LogP contribution in [0.2, 0.25) is 0 Å². The van der Waals surface area contributed by atoms with E-state index in [1.54, 1.807) is 17.5 Å². The van der Waals surface area contributed by atoms with E-state index in [0.29, 0.717) is 12.5 Å². The first-order valence-corrected chi connectivity index (χ1v) is 12.9. The summed E-state index contributed by atoms with van der Waals surface area (Å²) in [6.45, 7) is 4.90. The monoisotopic (exact) mass is 557 g/mol. The lowest BCUT2D eigenvalue weighted by molar-refractivity contribution is 0.206. The molecule has 168 valence electrons. The fourth-order valence-corrected chi connectivity index (χ4v) is 6.08. The second-order valence-corrected chi connectivity index (χ2v) is 10.9. The van der Waals surface area contributed by atoms with Crippen LogP contribution in [0.25, 0.3) is 0 Å². The van der Waals surface area contributed by atoms with E-state index in [1.165, 1.54) is 49.9 Å². The first-order chi connectivity index (χ1) is 13.4. The first kappa shape index (κ1) is 26.6. The minimum Gasteiger partial charge on any atom is -0.390 e. The topological polar surface area (TPSA) is 90.8 Å². The van der Waals surface area contributed by atoms with Crippen molar-refractivity contribution in [3.63, 3.8) is 0 Å². The van der Waals surface area contributed by atoms with Crippen molar-refractivity contribution in [3.8, 4) is 0 Å². The molecule has 0 radical (unpaired) electrons. The Labute approximate surface area is 196 Å². The van der Waals surface area contributed by atoms with Gasteiger partial charge in [-0.15, -0.1) is 35.3 Å². The molecule has 2 rings (SSSR count). The second kappa shape index (κ2) is 13.8. The number of rotatable bonds is 10. The van der Waals surface area contributed by atoms with E-state index >= 15 is 0 Å². The molecule has 1 heterocycles. The average molecular weight is 558 g/mol. The number of nitrogens with zero attached hydrogens (tertiary/aromatic N) is 1. The minimum absolute atomic E-state index is 0. The molecule has 0 bridgehead atoms. The van der Waals surface area contributed by atoms with Gasteiger partial charge in [-0.25, -0.2) is 8.42 Å². The molecule has 2 unspecified atom stereocenters. The predicted octanol–water partition coefficient (Wildman–Crippen LogP) is 3.80. The van der Waals surface area contributed by atoms with Gasteiger partial charge in [-0.3, -0.25) is 4.99 Å². The molecule has 0 saturated heterocycles. The van der Waals surface area contributed by atoms with Crippen LogP contribution in [0.1, 0.15) is 58.8 Å². The van der Waals surface area contributed by atoms with Gasteiger partial charge in [0.15, 0.2) is 15.8 Å². The molecule has 29 heavy (non-hydrogen) atoms. The van der Waals surface area contributed by atoms with Crippen LogP contribution in [0.4, 0.5) is 0 Å². The largest absolute Gasteiger partial charge is 0.390 e. The molecule has 1 aromatic rings. The standard InChI is InChI=1S/C20H35N3O3S2.HI/c1-3-21-20(23-16(2)11-12-17-8-5-4-6-9-17)22-14-18(24)15-28(25,26)19-10-7-13-27-19;/h7,10,13,16-18,24H,3-6,8-9,11-12,14-15H2,1-2H3,(H2,21,22,23);1H. The second-order valence-electron chi connectivity index (χ2n) is 7.71. The van der Waals surface area contributed by atoms with Gasteiger partial charge in [0, 0.05) is 12.6 Å². The van der Waals surface area contributed by atoms with Crippen molar-refractivity contribution in [1.82, 2.24) is 10.6 Å². The maximum atomic E-state index is 12.3. The third kappa shape index (κ3) is 9.97.